The highest BCUT2D eigenvalue weighted by atomic mass is 16.5. The average molecular weight is 384 g/mol. The summed E-state index contributed by atoms with van der Waals surface area (Å²) < 4.78 is 4.85. The van der Waals surface area contributed by atoms with Gasteiger partial charge in [-0.15, -0.1) is 0 Å². The van der Waals surface area contributed by atoms with Crippen LogP contribution in [-0.4, -0.2) is 36.1 Å². The fraction of sp³-hybridized carbons (Fsp3) is 0.762. The van der Waals surface area contributed by atoms with E-state index in [0.29, 0.717) is 6.42 Å². The Kier molecular flexibility index (Phi) is 16.4. The van der Waals surface area contributed by atoms with Crippen molar-refractivity contribution < 1.29 is 24.2 Å². The van der Waals surface area contributed by atoms with Crippen LogP contribution in [0.25, 0.3) is 0 Å². The molecule has 0 aromatic carbocycles. The predicted octanol–water partition coefficient (Wildman–Crippen LogP) is 4.38. The first-order chi connectivity index (χ1) is 13.0. The number of rotatable bonds is 18. The first kappa shape index (κ1) is 25.1. The lowest BCUT2D eigenvalue weighted by Gasteiger charge is -2.07. The summed E-state index contributed by atoms with van der Waals surface area (Å²) >= 11 is 0. The van der Waals surface area contributed by atoms with Gasteiger partial charge >= 0.3 is 11.9 Å². The fourth-order valence-corrected chi connectivity index (χ4v) is 2.73. The van der Waals surface area contributed by atoms with Gasteiger partial charge in [-0.2, -0.15) is 0 Å². The molecule has 0 aliphatic rings. The molecule has 6 nitrogen and oxygen atoms in total. The Bertz CT molecular complexity index is 448. The SMILES string of the molecule is C=C(CC(=O)O)C(=O)OCCNC(=O)CCCCCCCCCCCCC. The Morgan fingerprint density at radius 3 is 1.93 bits per heavy atom. The summed E-state index contributed by atoms with van der Waals surface area (Å²) in [6.07, 6.45) is 13.7. The van der Waals surface area contributed by atoms with E-state index >= 15 is 0 Å². The number of amides is 1. The monoisotopic (exact) mass is 383 g/mol. The molecule has 0 aromatic rings. The lowest BCUT2D eigenvalue weighted by atomic mass is 10.1. The van der Waals surface area contributed by atoms with Crippen molar-refractivity contribution in [2.24, 2.45) is 0 Å². The molecule has 0 bridgehead atoms. The number of ether oxygens (including phenoxy) is 1. The highest BCUT2D eigenvalue weighted by Gasteiger charge is 2.12. The Hall–Kier alpha value is -1.85. The highest BCUT2D eigenvalue weighted by molar-refractivity contribution is 5.92. The molecule has 0 rings (SSSR count). The smallest absolute Gasteiger partial charge is 0.334 e. The van der Waals surface area contributed by atoms with Crippen LogP contribution in [0.1, 0.15) is 90.4 Å². The quantitative estimate of drug-likeness (QED) is 0.208. The number of unbranched alkanes of at least 4 members (excludes halogenated alkanes) is 10. The van der Waals surface area contributed by atoms with Gasteiger partial charge in [-0.05, 0) is 6.42 Å². The van der Waals surface area contributed by atoms with Crippen LogP contribution in [0, 0.1) is 0 Å². The molecule has 27 heavy (non-hydrogen) atoms. The second kappa shape index (κ2) is 17.6. The summed E-state index contributed by atoms with van der Waals surface area (Å²) in [7, 11) is 0. The van der Waals surface area contributed by atoms with Gasteiger partial charge in [0.25, 0.3) is 0 Å². The lowest BCUT2D eigenvalue weighted by molar-refractivity contribution is -0.142. The highest BCUT2D eigenvalue weighted by Crippen LogP contribution is 2.11. The maximum atomic E-state index is 11.7. The summed E-state index contributed by atoms with van der Waals surface area (Å²) in [6, 6.07) is 0. The molecule has 0 heterocycles. The fourth-order valence-electron chi connectivity index (χ4n) is 2.73. The number of nitrogens with one attached hydrogen (secondary N) is 1. The number of carboxylic acid groups (broad SMARTS) is 1. The van der Waals surface area contributed by atoms with Gasteiger partial charge in [0.1, 0.15) is 6.61 Å². The molecule has 0 atom stereocenters. The zero-order valence-electron chi connectivity index (χ0n) is 16.9. The van der Waals surface area contributed by atoms with Crippen LogP contribution >= 0.6 is 0 Å². The predicted molar refractivity (Wildman–Crippen MR) is 106 cm³/mol. The number of esters is 1. The Labute approximate surface area is 163 Å². The molecule has 0 radical (unpaired) electrons. The molecular formula is C21H37NO5. The van der Waals surface area contributed by atoms with Gasteiger partial charge in [-0.25, -0.2) is 4.79 Å². The van der Waals surface area contributed by atoms with E-state index in [0.717, 1.165) is 12.8 Å². The zero-order valence-corrected chi connectivity index (χ0v) is 16.9. The minimum absolute atomic E-state index is 0.0153. The zero-order chi connectivity index (χ0) is 20.3. The lowest BCUT2D eigenvalue weighted by Crippen LogP contribution is -2.28. The largest absolute Gasteiger partial charge is 0.481 e. The standard InChI is InChI=1S/C21H37NO5/c1-3-4-5-6-7-8-9-10-11-12-13-14-19(23)22-15-16-27-21(26)18(2)17-20(24)25/h2-17H2,1H3,(H,22,23)(H,24,25). The molecule has 0 saturated carbocycles. The van der Waals surface area contributed by atoms with Crippen molar-refractivity contribution >= 4 is 17.8 Å². The summed E-state index contributed by atoms with van der Waals surface area (Å²) in [6.45, 7) is 5.83. The first-order valence-electron chi connectivity index (χ1n) is 10.3. The van der Waals surface area contributed by atoms with Crippen molar-refractivity contribution in [2.45, 2.75) is 90.4 Å². The number of hydrogen-bond acceptors (Lipinski definition) is 4. The summed E-state index contributed by atoms with van der Waals surface area (Å²) in [5.74, 6) is -1.92. The van der Waals surface area contributed by atoms with Crippen LogP contribution in [0.2, 0.25) is 0 Å². The maximum absolute atomic E-state index is 11.7. The van der Waals surface area contributed by atoms with Crippen LogP contribution in [-0.2, 0) is 19.1 Å². The van der Waals surface area contributed by atoms with Crippen molar-refractivity contribution in [3.63, 3.8) is 0 Å². The number of carbonyl (C=O) groups is 3. The molecule has 0 aliphatic heterocycles. The van der Waals surface area contributed by atoms with Gasteiger partial charge in [-0.1, -0.05) is 77.7 Å². The van der Waals surface area contributed by atoms with Gasteiger partial charge in [0.2, 0.25) is 5.91 Å². The summed E-state index contributed by atoms with van der Waals surface area (Å²) in [4.78, 5) is 33.5. The molecule has 0 spiro atoms. The third-order valence-electron chi connectivity index (χ3n) is 4.32. The van der Waals surface area contributed by atoms with Crippen molar-refractivity contribution in [2.75, 3.05) is 13.2 Å². The van der Waals surface area contributed by atoms with E-state index in [2.05, 4.69) is 18.8 Å². The number of carboxylic acids is 1. The molecule has 156 valence electrons. The van der Waals surface area contributed by atoms with Crippen LogP contribution in [0.3, 0.4) is 0 Å². The average Bonchev–Trinajstić information content (AvgIpc) is 2.62. The van der Waals surface area contributed by atoms with Gasteiger partial charge in [0, 0.05) is 12.0 Å². The van der Waals surface area contributed by atoms with Crippen LogP contribution in [0.5, 0.6) is 0 Å². The number of aliphatic carboxylic acids is 1. The molecule has 2 N–H and O–H groups in total. The topological polar surface area (TPSA) is 92.7 Å². The summed E-state index contributed by atoms with van der Waals surface area (Å²) in [5.41, 5.74) is -0.102. The molecule has 0 saturated heterocycles. The van der Waals surface area contributed by atoms with E-state index in [4.69, 9.17) is 9.84 Å². The third-order valence-corrected chi connectivity index (χ3v) is 4.32. The third kappa shape index (κ3) is 17.3. The van der Waals surface area contributed by atoms with Crippen molar-refractivity contribution in [1.82, 2.24) is 5.32 Å². The van der Waals surface area contributed by atoms with Gasteiger partial charge in [0.15, 0.2) is 0 Å². The van der Waals surface area contributed by atoms with Crippen molar-refractivity contribution in [1.29, 1.82) is 0 Å². The minimum atomic E-state index is -1.13. The summed E-state index contributed by atoms with van der Waals surface area (Å²) in [5, 5.41) is 11.2. The molecular weight excluding hydrogens is 346 g/mol. The van der Waals surface area contributed by atoms with Gasteiger partial charge in [0.05, 0.1) is 13.0 Å². The van der Waals surface area contributed by atoms with Crippen LogP contribution in [0.4, 0.5) is 0 Å². The molecule has 0 unspecified atom stereocenters. The van der Waals surface area contributed by atoms with Crippen LogP contribution < -0.4 is 5.32 Å². The first-order valence-corrected chi connectivity index (χ1v) is 10.3. The Morgan fingerprint density at radius 2 is 1.41 bits per heavy atom. The normalized spacial score (nSPS) is 10.4. The van der Waals surface area contributed by atoms with E-state index in [-0.39, 0.29) is 24.6 Å². The van der Waals surface area contributed by atoms with E-state index in [1.807, 2.05) is 0 Å². The van der Waals surface area contributed by atoms with Gasteiger partial charge < -0.3 is 15.2 Å². The van der Waals surface area contributed by atoms with E-state index in [9.17, 15) is 14.4 Å². The second-order valence-corrected chi connectivity index (χ2v) is 6.95. The number of carbonyl (C=O) groups excluding carboxylic acids is 2. The molecule has 0 aromatic heterocycles. The molecule has 0 fully saturated rings. The second-order valence-electron chi connectivity index (χ2n) is 6.95. The van der Waals surface area contributed by atoms with Crippen LogP contribution in [0.15, 0.2) is 12.2 Å². The Morgan fingerprint density at radius 1 is 0.889 bits per heavy atom. The number of hydrogen-bond donors (Lipinski definition) is 2. The molecule has 0 aliphatic carbocycles. The van der Waals surface area contributed by atoms with E-state index in [1.165, 1.54) is 57.8 Å². The maximum Gasteiger partial charge on any atom is 0.334 e. The molecule has 1 amide bonds. The molecule has 6 heteroatoms. The van der Waals surface area contributed by atoms with E-state index in [1.54, 1.807) is 0 Å². The van der Waals surface area contributed by atoms with Crippen molar-refractivity contribution in [3.8, 4) is 0 Å². The van der Waals surface area contributed by atoms with Gasteiger partial charge in [-0.3, -0.25) is 9.59 Å². The minimum Gasteiger partial charge on any atom is -0.481 e. The van der Waals surface area contributed by atoms with E-state index < -0.39 is 18.4 Å². The Balaban J connectivity index is 3.41. The van der Waals surface area contributed by atoms with Crippen molar-refractivity contribution in [3.05, 3.63) is 12.2 Å².